The molecule has 2 aromatic carbocycles. The van der Waals surface area contributed by atoms with Crippen LogP contribution in [0.25, 0.3) is 10.2 Å². The first kappa shape index (κ1) is 24.0. The molecular weight excluding hydrogens is 500 g/mol. The topological polar surface area (TPSA) is 57.7 Å². The molecule has 0 aliphatic carbocycles. The van der Waals surface area contributed by atoms with Crippen molar-refractivity contribution in [2.75, 3.05) is 50.8 Å². The fourth-order valence-corrected chi connectivity index (χ4v) is 5.43. The summed E-state index contributed by atoms with van der Waals surface area (Å²) in [5.74, 6) is 0.785. The van der Waals surface area contributed by atoms with Crippen molar-refractivity contribution < 1.29 is 9.53 Å². The van der Waals surface area contributed by atoms with Crippen LogP contribution in [-0.2, 0) is 0 Å². The molecule has 8 heteroatoms. The van der Waals surface area contributed by atoms with Gasteiger partial charge in [0.1, 0.15) is 5.75 Å². The molecule has 1 aromatic heterocycles. The number of hydrogen-bond acceptors (Lipinski definition) is 6. The maximum Gasteiger partial charge on any atom is 0.251 e. The molecule has 1 saturated heterocycles. The Hall–Kier alpha value is -2.16. The van der Waals surface area contributed by atoms with Crippen molar-refractivity contribution in [2.24, 2.45) is 0 Å². The third kappa shape index (κ3) is 6.68. The van der Waals surface area contributed by atoms with Gasteiger partial charge in [0.2, 0.25) is 0 Å². The highest BCUT2D eigenvalue weighted by molar-refractivity contribution is 9.10. The summed E-state index contributed by atoms with van der Waals surface area (Å²) in [5.41, 5.74) is 1.72. The highest BCUT2D eigenvalue weighted by Gasteiger charge is 2.20. The Morgan fingerprint density at radius 1 is 1.12 bits per heavy atom. The lowest BCUT2D eigenvalue weighted by Crippen LogP contribution is -2.48. The van der Waals surface area contributed by atoms with Crippen molar-refractivity contribution in [2.45, 2.75) is 26.2 Å². The zero-order valence-electron chi connectivity index (χ0n) is 19.1. The average molecular weight is 532 g/mol. The van der Waals surface area contributed by atoms with Gasteiger partial charge in [-0.3, -0.25) is 9.69 Å². The number of rotatable bonds is 10. The molecule has 0 bridgehead atoms. The van der Waals surface area contributed by atoms with E-state index < -0.39 is 0 Å². The van der Waals surface area contributed by atoms with E-state index in [1.807, 2.05) is 30.3 Å². The number of anilines is 1. The van der Waals surface area contributed by atoms with E-state index in [-0.39, 0.29) is 5.91 Å². The largest absolute Gasteiger partial charge is 0.494 e. The summed E-state index contributed by atoms with van der Waals surface area (Å²) in [7, 11) is 0. The zero-order chi connectivity index (χ0) is 23.0. The third-order valence-corrected chi connectivity index (χ3v) is 7.40. The summed E-state index contributed by atoms with van der Waals surface area (Å²) >= 11 is 5.28. The standard InChI is InChI=1S/C25H31BrN4O2S/c1-2-3-4-17-32-21-8-5-19(6-9-21)24(31)27-11-12-29-13-15-30(16-14-29)25-28-22-10-7-20(26)18-23(22)33-25/h5-10,18H,2-4,11-17H2,1H3,(H,27,31). The van der Waals surface area contributed by atoms with Crippen molar-refractivity contribution >= 4 is 48.5 Å². The Kier molecular flexibility index (Phi) is 8.58. The van der Waals surface area contributed by atoms with E-state index in [1.54, 1.807) is 11.3 Å². The molecule has 33 heavy (non-hydrogen) atoms. The molecule has 1 fully saturated rings. The normalized spacial score (nSPS) is 14.5. The van der Waals surface area contributed by atoms with E-state index in [0.29, 0.717) is 12.1 Å². The van der Waals surface area contributed by atoms with Gasteiger partial charge >= 0.3 is 0 Å². The number of nitrogens with zero attached hydrogens (tertiary/aromatic N) is 3. The number of thiazole rings is 1. The second-order valence-corrected chi connectivity index (χ2v) is 10.2. The lowest BCUT2D eigenvalue weighted by Gasteiger charge is -2.34. The van der Waals surface area contributed by atoms with Gasteiger partial charge in [-0.25, -0.2) is 4.98 Å². The summed E-state index contributed by atoms with van der Waals surface area (Å²) in [5, 5.41) is 4.13. The van der Waals surface area contributed by atoms with Gasteiger partial charge in [0.15, 0.2) is 5.13 Å². The van der Waals surface area contributed by atoms with Crippen molar-refractivity contribution in [3.63, 3.8) is 0 Å². The Morgan fingerprint density at radius 3 is 2.67 bits per heavy atom. The number of unbranched alkanes of at least 4 members (excludes halogenated alkanes) is 2. The molecule has 0 unspecified atom stereocenters. The molecule has 1 N–H and O–H groups in total. The lowest BCUT2D eigenvalue weighted by atomic mass is 10.2. The first-order valence-electron chi connectivity index (χ1n) is 11.7. The van der Waals surface area contributed by atoms with Crippen LogP contribution in [-0.4, -0.2) is 61.7 Å². The van der Waals surface area contributed by atoms with E-state index in [9.17, 15) is 4.79 Å². The minimum absolute atomic E-state index is 0.0354. The van der Waals surface area contributed by atoms with Crippen LogP contribution in [0, 0.1) is 0 Å². The Labute approximate surface area is 208 Å². The summed E-state index contributed by atoms with van der Waals surface area (Å²) in [4.78, 5) is 22.0. The van der Waals surface area contributed by atoms with Gasteiger partial charge in [-0.2, -0.15) is 0 Å². The molecule has 6 nitrogen and oxygen atoms in total. The van der Waals surface area contributed by atoms with Crippen LogP contribution >= 0.6 is 27.3 Å². The molecule has 176 valence electrons. The number of aromatic nitrogens is 1. The SMILES string of the molecule is CCCCCOc1ccc(C(=O)NCCN2CCN(c3nc4ccc(Br)cc4s3)CC2)cc1. The van der Waals surface area contributed by atoms with Gasteiger partial charge < -0.3 is 15.0 Å². The number of benzene rings is 2. The van der Waals surface area contributed by atoms with Crippen molar-refractivity contribution in [1.29, 1.82) is 0 Å². The van der Waals surface area contributed by atoms with Crippen LogP contribution in [0.1, 0.15) is 36.5 Å². The Bertz CT molecular complexity index is 1050. The van der Waals surface area contributed by atoms with E-state index in [1.165, 1.54) is 17.5 Å². The molecular formula is C25H31BrN4O2S. The minimum Gasteiger partial charge on any atom is -0.494 e. The van der Waals surface area contributed by atoms with Crippen LogP contribution < -0.4 is 15.0 Å². The van der Waals surface area contributed by atoms with Crippen LogP contribution in [0.4, 0.5) is 5.13 Å². The van der Waals surface area contributed by atoms with Gasteiger partial charge in [0.05, 0.1) is 16.8 Å². The molecule has 3 aromatic rings. The molecule has 2 heterocycles. The second-order valence-electron chi connectivity index (χ2n) is 8.27. The maximum absolute atomic E-state index is 12.5. The van der Waals surface area contributed by atoms with Gasteiger partial charge in [-0.05, 0) is 48.9 Å². The number of fused-ring (bicyclic) bond motifs is 1. The number of amides is 1. The Balaban J connectivity index is 1.17. The molecule has 0 spiro atoms. The van der Waals surface area contributed by atoms with E-state index in [4.69, 9.17) is 9.72 Å². The highest BCUT2D eigenvalue weighted by atomic mass is 79.9. The first-order valence-corrected chi connectivity index (χ1v) is 13.3. The van der Waals surface area contributed by atoms with Crippen LogP contribution in [0.15, 0.2) is 46.9 Å². The van der Waals surface area contributed by atoms with Crippen molar-refractivity contribution in [3.8, 4) is 5.75 Å². The van der Waals surface area contributed by atoms with Crippen molar-refractivity contribution in [3.05, 3.63) is 52.5 Å². The number of piperazine rings is 1. The summed E-state index contributed by atoms with van der Waals surface area (Å²) < 4.78 is 8.01. The molecule has 1 aliphatic rings. The molecule has 0 saturated carbocycles. The van der Waals surface area contributed by atoms with E-state index >= 15 is 0 Å². The van der Waals surface area contributed by atoms with Gasteiger partial charge in [-0.1, -0.05) is 47.0 Å². The number of nitrogens with one attached hydrogen (secondary N) is 1. The fourth-order valence-electron chi connectivity index (χ4n) is 3.86. The van der Waals surface area contributed by atoms with E-state index in [0.717, 1.165) is 66.6 Å². The highest BCUT2D eigenvalue weighted by Crippen LogP contribution is 2.31. The number of hydrogen-bond donors (Lipinski definition) is 1. The van der Waals surface area contributed by atoms with Crippen LogP contribution in [0.2, 0.25) is 0 Å². The smallest absolute Gasteiger partial charge is 0.251 e. The molecule has 0 radical (unpaired) electrons. The number of halogens is 1. The predicted molar refractivity (Wildman–Crippen MR) is 140 cm³/mol. The molecule has 1 aliphatic heterocycles. The molecule has 4 rings (SSSR count). The second kappa shape index (κ2) is 11.8. The monoisotopic (exact) mass is 530 g/mol. The number of ether oxygens (including phenoxy) is 1. The van der Waals surface area contributed by atoms with E-state index in [2.05, 4.69) is 50.1 Å². The summed E-state index contributed by atoms with van der Waals surface area (Å²) in [6, 6.07) is 13.6. The van der Waals surface area contributed by atoms with Crippen LogP contribution in [0.5, 0.6) is 5.75 Å². The van der Waals surface area contributed by atoms with Crippen LogP contribution in [0.3, 0.4) is 0 Å². The van der Waals surface area contributed by atoms with Gasteiger partial charge in [0, 0.05) is 49.3 Å². The van der Waals surface area contributed by atoms with Gasteiger partial charge in [0.25, 0.3) is 5.91 Å². The number of carbonyl (C=O) groups is 1. The lowest BCUT2D eigenvalue weighted by molar-refractivity contribution is 0.0947. The number of carbonyl (C=O) groups excluding carboxylic acids is 1. The average Bonchev–Trinajstić information content (AvgIpc) is 3.26. The fraction of sp³-hybridized carbons (Fsp3) is 0.440. The first-order chi connectivity index (χ1) is 16.1. The van der Waals surface area contributed by atoms with Crippen molar-refractivity contribution in [1.82, 2.24) is 15.2 Å². The third-order valence-electron chi connectivity index (χ3n) is 5.83. The molecule has 1 amide bonds. The predicted octanol–water partition coefficient (Wildman–Crippen LogP) is 5.18. The Morgan fingerprint density at radius 2 is 1.91 bits per heavy atom. The summed E-state index contributed by atoms with van der Waals surface area (Å²) in [6.07, 6.45) is 3.42. The maximum atomic E-state index is 12.5. The summed E-state index contributed by atoms with van der Waals surface area (Å²) in [6.45, 7) is 8.25. The molecule has 0 atom stereocenters. The quantitative estimate of drug-likeness (QED) is 0.366. The van der Waals surface area contributed by atoms with Gasteiger partial charge in [-0.15, -0.1) is 0 Å². The minimum atomic E-state index is -0.0354. The zero-order valence-corrected chi connectivity index (χ0v) is 21.5.